The van der Waals surface area contributed by atoms with Crippen LogP contribution in [0, 0.1) is 0 Å². The van der Waals surface area contributed by atoms with Crippen LogP contribution in [-0.2, 0) is 0 Å². The van der Waals surface area contributed by atoms with Crippen molar-refractivity contribution < 1.29 is 0 Å². The van der Waals surface area contributed by atoms with E-state index in [2.05, 4.69) is 36.3 Å². The van der Waals surface area contributed by atoms with Crippen molar-refractivity contribution in [2.45, 2.75) is 32.2 Å². The van der Waals surface area contributed by atoms with Crippen LogP contribution in [0.1, 0.15) is 31.9 Å². The van der Waals surface area contributed by atoms with Crippen LogP contribution < -0.4 is 5.73 Å². The summed E-state index contributed by atoms with van der Waals surface area (Å²) < 4.78 is 1.30. The lowest BCUT2D eigenvalue weighted by Gasteiger charge is -2.18. The van der Waals surface area contributed by atoms with Crippen molar-refractivity contribution in [2.75, 3.05) is 0 Å². The number of nitrogens with two attached hydrogens (primary N) is 1. The highest BCUT2D eigenvalue weighted by atomic mass is 32.1. The van der Waals surface area contributed by atoms with E-state index in [1.54, 1.807) is 11.3 Å². The highest BCUT2D eigenvalue weighted by Crippen LogP contribution is 2.28. The first-order chi connectivity index (χ1) is 7.24. The zero-order valence-electron chi connectivity index (χ0n) is 9.10. The zero-order chi connectivity index (χ0) is 10.8. The fraction of sp³-hybridized carbons (Fsp3) is 0.417. The first-order valence-corrected chi connectivity index (χ1v) is 6.19. The predicted octanol–water partition coefficient (Wildman–Crippen LogP) is 3.14. The molecule has 2 rings (SSSR count). The van der Waals surface area contributed by atoms with E-state index in [0.717, 1.165) is 12.1 Å². The molecule has 2 N–H and O–H groups in total. The molecule has 0 amide bonds. The Morgan fingerprint density at radius 1 is 1.47 bits per heavy atom. The molecular weight excluding hydrogens is 204 g/mol. The minimum absolute atomic E-state index is 0.197. The van der Waals surface area contributed by atoms with E-state index in [0.29, 0.717) is 5.92 Å². The van der Waals surface area contributed by atoms with Gasteiger partial charge in [0.1, 0.15) is 0 Å². The van der Waals surface area contributed by atoms with Crippen molar-refractivity contribution in [1.82, 2.24) is 4.98 Å². The Kier molecular flexibility index (Phi) is 3.03. The van der Waals surface area contributed by atoms with Crippen LogP contribution in [0.3, 0.4) is 0 Å². The molecule has 2 aromatic rings. The molecule has 0 spiro atoms. The second-order valence-corrected chi connectivity index (χ2v) is 4.84. The van der Waals surface area contributed by atoms with Crippen molar-refractivity contribution in [2.24, 2.45) is 5.73 Å². The van der Waals surface area contributed by atoms with Gasteiger partial charge in [0.25, 0.3) is 0 Å². The molecule has 2 nitrogen and oxygen atoms in total. The molecule has 0 saturated heterocycles. The Bertz CT molecular complexity index is 450. The largest absolute Gasteiger partial charge is 0.327 e. The zero-order valence-corrected chi connectivity index (χ0v) is 9.92. The van der Waals surface area contributed by atoms with Gasteiger partial charge >= 0.3 is 0 Å². The molecule has 3 heteroatoms. The monoisotopic (exact) mass is 220 g/mol. The SMILES string of the molecule is CCC(N)C(C)c1nccc2sccc12. The molecule has 0 aliphatic heterocycles. The Labute approximate surface area is 94.1 Å². The number of hydrogen-bond donors (Lipinski definition) is 1. The molecular formula is C12H16N2S. The normalized spacial score (nSPS) is 15.4. The van der Waals surface area contributed by atoms with Crippen LogP contribution in [0.15, 0.2) is 23.7 Å². The number of fused-ring (bicyclic) bond motifs is 1. The summed E-state index contributed by atoms with van der Waals surface area (Å²) in [5.41, 5.74) is 7.21. The summed E-state index contributed by atoms with van der Waals surface area (Å²) in [5, 5.41) is 3.37. The molecule has 0 bridgehead atoms. The van der Waals surface area contributed by atoms with Crippen LogP contribution in [-0.4, -0.2) is 11.0 Å². The van der Waals surface area contributed by atoms with Crippen molar-refractivity contribution >= 4 is 21.4 Å². The standard InChI is InChI=1S/C12H16N2S/c1-3-10(13)8(2)12-9-5-7-15-11(9)4-6-14-12/h4-8,10H,3,13H2,1-2H3. The van der Waals surface area contributed by atoms with Gasteiger partial charge in [-0.25, -0.2) is 0 Å². The van der Waals surface area contributed by atoms with E-state index in [1.807, 2.05) is 6.20 Å². The average Bonchev–Trinajstić information content (AvgIpc) is 2.74. The number of hydrogen-bond acceptors (Lipinski definition) is 3. The molecule has 2 atom stereocenters. The van der Waals surface area contributed by atoms with Gasteiger partial charge in [-0.2, -0.15) is 0 Å². The van der Waals surface area contributed by atoms with Crippen molar-refractivity contribution in [3.8, 4) is 0 Å². The van der Waals surface area contributed by atoms with Crippen molar-refractivity contribution in [3.05, 3.63) is 29.4 Å². The molecule has 2 aromatic heterocycles. The minimum atomic E-state index is 0.197. The Balaban J connectivity index is 2.46. The summed E-state index contributed by atoms with van der Waals surface area (Å²) in [6.07, 6.45) is 2.87. The predicted molar refractivity (Wildman–Crippen MR) is 66.3 cm³/mol. The Morgan fingerprint density at radius 2 is 2.27 bits per heavy atom. The summed E-state index contributed by atoms with van der Waals surface area (Å²) in [7, 11) is 0. The summed E-state index contributed by atoms with van der Waals surface area (Å²) in [5.74, 6) is 0.327. The van der Waals surface area contributed by atoms with Gasteiger partial charge in [0.15, 0.2) is 0 Å². The molecule has 2 heterocycles. The summed E-state index contributed by atoms with van der Waals surface area (Å²) in [6.45, 7) is 4.28. The van der Waals surface area contributed by atoms with Crippen LogP contribution in [0.25, 0.3) is 10.1 Å². The van der Waals surface area contributed by atoms with Gasteiger partial charge in [-0.15, -0.1) is 11.3 Å². The lowest BCUT2D eigenvalue weighted by molar-refractivity contribution is 0.544. The first kappa shape index (κ1) is 10.6. The van der Waals surface area contributed by atoms with Gasteiger partial charge in [0.2, 0.25) is 0 Å². The van der Waals surface area contributed by atoms with Crippen LogP contribution in [0.4, 0.5) is 0 Å². The maximum atomic E-state index is 6.07. The molecule has 80 valence electrons. The Morgan fingerprint density at radius 3 is 3.00 bits per heavy atom. The highest BCUT2D eigenvalue weighted by molar-refractivity contribution is 7.17. The molecule has 0 fully saturated rings. The van der Waals surface area contributed by atoms with E-state index in [9.17, 15) is 0 Å². The number of nitrogens with zero attached hydrogens (tertiary/aromatic N) is 1. The van der Waals surface area contributed by atoms with Crippen LogP contribution in [0.2, 0.25) is 0 Å². The van der Waals surface area contributed by atoms with Gasteiger partial charge in [-0.05, 0) is 23.9 Å². The number of pyridine rings is 1. The lowest BCUT2D eigenvalue weighted by Crippen LogP contribution is -2.26. The van der Waals surface area contributed by atoms with Gasteiger partial charge in [-0.3, -0.25) is 4.98 Å². The van der Waals surface area contributed by atoms with E-state index in [4.69, 9.17) is 5.73 Å². The molecule has 0 radical (unpaired) electrons. The fourth-order valence-corrected chi connectivity index (χ4v) is 2.63. The summed E-state index contributed by atoms with van der Waals surface area (Å²) in [4.78, 5) is 4.47. The van der Waals surface area contributed by atoms with Crippen LogP contribution >= 0.6 is 11.3 Å². The first-order valence-electron chi connectivity index (χ1n) is 5.31. The highest BCUT2D eigenvalue weighted by Gasteiger charge is 2.17. The van der Waals surface area contributed by atoms with Gasteiger partial charge in [-0.1, -0.05) is 13.8 Å². The van der Waals surface area contributed by atoms with Gasteiger partial charge < -0.3 is 5.73 Å². The number of aromatic nitrogens is 1. The molecule has 2 unspecified atom stereocenters. The quantitative estimate of drug-likeness (QED) is 0.863. The maximum Gasteiger partial charge on any atom is 0.0533 e. The van der Waals surface area contributed by atoms with Crippen molar-refractivity contribution in [3.63, 3.8) is 0 Å². The van der Waals surface area contributed by atoms with Crippen LogP contribution in [0.5, 0.6) is 0 Å². The molecule has 0 saturated carbocycles. The second-order valence-electron chi connectivity index (χ2n) is 3.89. The average molecular weight is 220 g/mol. The molecule has 0 aliphatic carbocycles. The maximum absolute atomic E-state index is 6.07. The topological polar surface area (TPSA) is 38.9 Å². The Hall–Kier alpha value is -0.930. The van der Waals surface area contributed by atoms with E-state index < -0.39 is 0 Å². The van der Waals surface area contributed by atoms with E-state index >= 15 is 0 Å². The van der Waals surface area contributed by atoms with Gasteiger partial charge in [0.05, 0.1) is 5.69 Å². The van der Waals surface area contributed by atoms with Crippen molar-refractivity contribution in [1.29, 1.82) is 0 Å². The van der Waals surface area contributed by atoms with Gasteiger partial charge in [0, 0.05) is 28.2 Å². The smallest absolute Gasteiger partial charge is 0.0533 e. The summed E-state index contributed by atoms with van der Waals surface area (Å²) >= 11 is 1.76. The third-order valence-electron chi connectivity index (χ3n) is 2.96. The van der Waals surface area contributed by atoms with E-state index in [1.165, 1.54) is 10.1 Å². The van der Waals surface area contributed by atoms with E-state index in [-0.39, 0.29) is 6.04 Å². The third-order valence-corrected chi connectivity index (χ3v) is 3.84. The molecule has 0 aromatic carbocycles. The minimum Gasteiger partial charge on any atom is -0.327 e. The fourth-order valence-electron chi connectivity index (χ4n) is 1.84. The third kappa shape index (κ3) is 1.90. The second kappa shape index (κ2) is 4.29. The summed E-state index contributed by atoms with van der Waals surface area (Å²) in [6, 6.07) is 4.40. The number of rotatable bonds is 3. The lowest BCUT2D eigenvalue weighted by atomic mass is 9.94. The number of thiophene rings is 1. The molecule has 15 heavy (non-hydrogen) atoms. The molecule has 0 aliphatic rings.